The molecule has 1 fully saturated rings. The highest BCUT2D eigenvalue weighted by molar-refractivity contribution is 7.89. The molecule has 1 aliphatic rings. The maximum Gasteiger partial charge on any atom is 0.459 e. The van der Waals surface area contributed by atoms with Crippen molar-refractivity contribution >= 4 is 21.6 Å². The van der Waals surface area contributed by atoms with Gasteiger partial charge in [-0.3, -0.25) is 9.48 Å². The number of carbonyl (C=O) groups is 1. The number of aryl methyl sites for hydroxylation is 3. The average Bonchev–Trinajstić information content (AvgIpc) is 3.40. The Morgan fingerprint density at radius 1 is 1.03 bits per heavy atom. The molecule has 196 valence electrons. The van der Waals surface area contributed by atoms with Crippen LogP contribution in [-0.2, 0) is 22.5 Å². The number of alkyl halides is 5. The van der Waals surface area contributed by atoms with Gasteiger partial charge in [-0.15, -0.1) is 0 Å². The number of carbonyl (C=O) groups excluding carboxylic acids is 1. The van der Waals surface area contributed by atoms with Crippen molar-refractivity contribution in [3.63, 3.8) is 0 Å². The Morgan fingerprint density at radius 3 is 2.22 bits per heavy atom. The van der Waals surface area contributed by atoms with E-state index in [0.717, 1.165) is 6.07 Å². The summed E-state index contributed by atoms with van der Waals surface area (Å²) in [5.74, 6) is -5.97. The Balaban J connectivity index is 1.56. The second-order valence-corrected chi connectivity index (χ2v) is 10.2. The average molecular weight is 535 g/mol. The fraction of sp³-hybridized carbons (Fsp3) is 0.500. The third-order valence-electron chi connectivity index (χ3n) is 5.82. The molecule has 0 aliphatic carbocycles. The molecule has 1 aliphatic heterocycles. The number of sulfonamides is 1. The molecule has 0 radical (unpaired) electrons. The highest BCUT2D eigenvalue weighted by Gasteiger charge is 2.60. The summed E-state index contributed by atoms with van der Waals surface area (Å²) in [5, 5.41) is 7.83. The summed E-state index contributed by atoms with van der Waals surface area (Å²) in [5.41, 5.74) is -1.96. The molecule has 0 N–H and O–H groups in total. The van der Waals surface area contributed by atoms with E-state index in [4.69, 9.17) is 0 Å². The molecule has 0 bridgehead atoms. The van der Waals surface area contributed by atoms with E-state index in [9.17, 15) is 35.2 Å². The number of hydrogen-bond acceptors (Lipinski definition) is 6. The normalized spacial score (nSPS) is 16.2. The second kappa shape index (κ2) is 8.76. The van der Waals surface area contributed by atoms with Crippen LogP contribution in [0.4, 0.5) is 22.0 Å². The van der Waals surface area contributed by atoms with Crippen molar-refractivity contribution in [3.8, 4) is 0 Å². The van der Waals surface area contributed by atoms with Gasteiger partial charge >= 0.3 is 12.1 Å². The summed E-state index contributed by atoms with van der Waals surface area (Å²) >= 11 is 0. The van der Waals surface area contributed by atoms with E-state index in [2.05, 4.69) is 15.2 Å². The topological polar surface area (TPSA) is 106 Å². The van der Waals surface area contributed by atoms with Gasteiger partial charge in [-0.05, 0) is 26.8 Å². The molecular formula is C20H22F5N7O3S. The summed E-state index contributed by atoms with van der Waals surface area (Å²) in [4.78, 5) is 18.2. The molecule has 4 heterocycles. The van der Waals surface area contributed by atoms with Gasteiger partial charge in [0.25, 0.3) is 5.91 Å². The van der Waals surface area contributed by atoms with E-state index in [0.29, 0.717) is 22.8 Å². The number of rotatable bonds is 5. The van der Waals surface area contributed by atoms with E-state index in [1.165, 1.54) is 27.0 Å². The van der Waals surface area contributed by atoms with Crippen molar-refractivity contribution in [2.75, 3.05) is 26.2 Å². The lowest BCUT2D eigenvalue weighted by Gasteiger charge is -2.33. The smallest absolute Gasteiger partial charge is 0.335 e. The lowest BCUT2D eigenvalue weighted by atomic mass is 10.2. The van der Waals surface area contributed by atoms with Crippen molar-refractivity contribution in [2.24, 2.45) is 0 Å². The molecule has 16 heteroatoms. The van der Waals surface area contributed by atoms with Gasteiger partial charge in [-0.2, -0.15) is 36.5 Å². The van der Waals surface area contributed by atoms with E-state index in [-0.39, 0.29) is 48.1 Å². The third kappa shape index (κ3) is 4.31. The number of amides is 1. The molecule has 3 aromatic rings. The Hall–Kier alpha value is -3.14. The number of halogens is 5. The SMILES string of the molecule is CCn1cc(S(=O)(=O)N2CCN(C(=O)c3cc4nc(C)cc(C(F)(F)C(F)(F)F)n4n3)CC2)c(C)n1. The monoisotopic (exact) mass is 535 g/mol. The van der Waals surface area contributed by atoms with Crippen LogP contribution in [0.2, 0.25) is 0 Å². The number of hydrogen-bond donors (Lipinski definition) is 0. The van der Waals surface area contributed by atoms with Gasteiger partial charge in [0.2, 0.25) is 10.0 Å². The minimum absolute atomic E-state index is 0.0368. The maximum absolute atomic E-state index is 14.1. The Kier molecular flexibility index (Phi) is 6.31. The van der Waals surface area contributed by atoms with Crippen LogP contribution in [0.5, 0.6) is 0 Å². The van der Waals surface area contributed by atoms with Gasteiger partial charge in [0.15, 0.2) is 11.3 Å². The number of piperazine rings is 1. The van der Waals surface area contributed by atoms with Gasteiger partial charge in [0, 0.05) is 50.7 Å². The first kappa shape index (κ1) is 25.9. The molecular weight excluding hydrogens is 513 g/mol. The molecule has 0 unspecified atom stereocenters. The van der Waals surface area contributed by atoms with Crippen LogP contribution in [0.3, 0.4) is 0 Å². The van der Waals surface area contributed by atoms with Gasteiger partial charge in [-0.25, -0.2) is 17.9 Å². The van der Waals surface area contributed by atoms with E-state index >= 15 is 0 Å². The van der Waals surface area contributed by atoms with Gasteiger partial charge in [-0.1, -0.05) is 0 Å². The van der Waals surface area contributed by atoms with Crippen molar-refractivity contribution < 1.29 is 35.2 Å². The van der Waals surface area contributed by atoms with Crippen molar-refractivity contribution in [1.82, 2.24) is 33.6 Å². The lowest BCUT2D eigenvalue weighted by molar-refractivity contribution is -0.291. The van der Waals surface area contributed by atoms with Crippen LogP contribution in [0.25, 0.3) is 5.65 Å². The predicted molar refractivity (Wildman–Crippen MR) is 115 cm³/mol. The highest BCUT2D eigenvalue weighted by atomic mass is 32.2. The molecule has 4 rings (SSSR count). The molecule has 0 aromatic carbocycles. The summed E-state index contributed by atoms with van der Waals surface area (Å²) in [6.45, 7) is 4.96. The molecule has 1 amide bonds. The lowest BCUT2D eigenvalue weighted by Crippen LogP contribution is -2.50. The van der Waals surface area contributed by atoms with Crippen LogP contribution in [0.1, 0.15) is 34.5 Å². The fourth-order valence-electron chi connectivity index (χ4n) is 3.92. The van der Waals surface area contributed by atoms with E-state index in [1.807, 2.05) is 6.92 Å². The molecule has 3 aromatic heterocycles. The number of nitrogens with zero attached hydrogens (tertiary/aromatic N) is 7. The van der Waals surface area contributed by atoms with Crippen LogP contribution < -0.4 is 0 Å². The van der Waals surface area contributed by atoms with Gasteiger partial charge in [0.05, 0.1) is 5.69 Å². The summed E-state index contributed by atoms with van der Waals surface area (Å²) in [6, 6.07) is 1.59. The molecule has 0 saturated carbocycles. The first-order valence-electron chi connectivity index (χ1n) is 10.8. The van der Waals surface area contributed by atoms with Crippen LogP contribution in [-0.4, -0.2) is 80.3 Å². The molecule has 10 nitrogen and oxygen atoms in total. The summed E-state index contributed by atoms with van der Waals surface area (Å²) < 4.78 is 96.3. The summed E-state index contributed by atoms with van der Waals surface area (Å²) in [6.07, 6.45) is -4.44. The second-order valence-electron chi connectivity index (χ2n) is 8.29. The van der Waals surface area contributed by atoms with E-state index in [1.54, 1.807) is 6.92 Å². The van der Waals surface area contributed by atoms with Crippen LogP contribution in [0.15, 0.2) is 23.2 Å². The first-order chi connectivity index (χ1) is 16.7. The van der Waals surface area contributed by atoms with E-state index < -0.39 is 33.7 Å². The Labute approximate surface area is 202 Å². The Morgan fingerprint density at radius 2 is 1.67 bits per heavy atom. The zero-order valence-electron chi connectivity index (χ0n) is 19.4. The van der Waals surface area contributed by atoms with Crippen molar-refractivity contribution in [3.05, 3.63) is 41.1 Å². The molecule has 0 spiro atoms. The zero-order chi connectivity index (χ0) is 26.6. The highest BCUT2D eigenvalue weighted by Crippen LogP contribution is 2.43. The minimum Gasteiger partial charge on any atom is -0.335 e. The Bertz CT molecular complexity index is 1420. The molecule has 36 heavy (non-hydrogen) atoms. The predicted octanol–water partition coefficient (Wildman–Crippen LogP) is 2.36. The van der Waals surface area contributed by atoms with Gasteiger partial charge < -0.3 is 4.90 Å². The van der Waals surface area contributed by atoms with Crippen LogP contribution >= 0.6 is 0 Å². The van der Waals surface area contributed by atoms with Crippen molar-refractivity contribution in [1.29, 1.82) is 0 Å². The first-order valence-corrected chi connectivity index (χ1v) is 12.3. The third-order valence-corrected chi connectivity index (χ3v) is 7.82. The quantitative estimate of drug-likeness (QED) is 0.465. The fourth-order valence-corrected chi connectivity index (χ4v) is 5.51. The van der Waals surface area contributed by atoms with Gasteiger partial charge in [0.1, 0.15) is 10.6 Å². The molecule has 1 saturated heterocycles. The standard InChI is InChI=1S/C20H22F5N7O3S/c1-4-30-11-15(13(3)27-30)36(34,35)31-7-5-29(6-8-31)18(33)14-10-17-26-12(2)9-16(32(17)28-14)19(21,22)20(23,24)25/h9-11H,4-8H2,1-3H3. The zero-order valence-corrected chi connectivity index (χ0v) is 20.2. The number of fused-ring (bicyclic) bond motifs is 1. The summed E-state index contributed by atoms with van der Waals surface area (Å²) in [7, 11) is -3.86. The minimum atomic E-state index is -5.88. The number of aromatic nitrogens is 5. The molecule has 0 atom stereocenters. The van der Waals surface area contributed by atoms with Crippen LogP contribution in [0, 0.1) is 13.8 Å². The maximum atomic E-state index is 14.1. The largest absolute Gasteiger partial charge is 0.459 e. The van der Waals surface area contributed by atoms with Crippen molar-refractivity contribution in [2.45, 2.75) is 44.3 Å².